The molecule has 0 fully saturated rings. The second kappa shape index (κ2) is 3.13. The van der Waals surface area contributed by atoms with E-state index < -0.39 is 0 Å². The first-order chi connectivity index (χ1) is 6.33. The van der Waals surface area contributed by atoms with Crippen molar-refractivity contribution in [2.75, 3.05) is 0 Å². The fourth-order valence-electron chi connectivity index (χ4n) is 1.95. The third kappa shape index (κ3) is 1.28. The molecule has 1 aliphatic rings. The van der Waals surface area contributed by atoms with Crippen LogP contribution in [0.3, 0.4) is 0 Å². The number of nitrogens with one attached hydrogen (secondary N) is 1. The highest BCUT2D eigenvalue weighted by atomic mass is 16.1. The standard InChI is InChI=1S/C11H11NO/c12-7-11(13)10-6-5-8-3-1-2-4-9(8)10/h1-4,7,10,12H,5-6H2. The summed E-state index contributed by atoms with van der Waals surface area (Å²) in [6.07, 6.45) is 2.78. The monoisotopic (exact) mass is 173 g/mol. The zero-order chi connectivity index (χ0) is 9.26. The van der Waals surface area contributed by atoms with Gasteiger partial charge < -0.3 is 5.41 Å². The van der Waals surface area contributed by atoms with Crippen molar-refractivity contribution in [3.63, 3.8) is 0 Å². The molecule has 1 atom stereocenters. The molecule has 66 valence electrons. The number of ketones is 1. The molecule has 1 unspecified atom stereocenters. The van der Waals surface area contributed by atoms with Crippen molar-refractivity contribution >= 4 is 12.0 Å². The Hall–Kier alpha value is -1.44. The second-order valence-corrected chi connectivity index (χ2v) is 3.34. The van der Waals surface area contributed by atoms with Gasteiger partial charge in [0.1, 0.15) is 0 Å². The molecule has 0 amide bonds. The van der Waals surface area contributed by atoms with Crippen LogP contribution in [0.25, 0.3) is 0 Å². The number of carbonyl (C=O) groups is 1. The van der Waals surface area contributed by atoms with Crippen molar-refractivity contribution in [1.29, 1.82) is 5.41 Å². The van der Waals surface area contributed by atoms with E-state index in [-0.39, 0.29) is 11.7 Å². The van der Waals surface area contributed by atoms with Gasteiger partial charge in [0.05, 0.1) is 6.21 Å². The van der Waals surface area contributed by atoms with Gasteiger partial charge in [-0.05, 0) is 24.0 Å². The normalized spacial score (nSPS) is 19.5. The molecule has 0 saturated carbocycles. The zero-order valence-corrected chi connectivity index (χ0v) is 7.29. The van der Waals surface area contributed by atoms with Crippen LogP contribution in [-0.2, 0) is 11.2 Å². The van der Waals surface area contributed by atoms with Crippen LogP contribution >= 0.6 is 0 Å². The average Bonchev–Trinajstić information content (AvgIpc) is 2.60. The van der Waals surface area contributed by atoms with E-state index in [4.69, 9.17) is 5.41 Å². The van der Waals surface area contributed by atoms with Crippen LogP contribution in [0, 0.1) is 5.41 Å². The summed E-state index contributed by atoms with van der Waals surface area (Å²) >= 11 is 0. The number of aryl methyl sites for hydroxylation is 1. The minimum Gasteiger partial charge on any atom is -0.305 e. The van der Waals surface area contributed by atoms with Crippen molar-refractivity contribution in [2.24, 2.45) is 0 Å². The summed E-state index contributed by atoms with van der Waals surface area (Å²) < 4.78 is 0. The highest BCUT2D eigenvalue weighted by molar-refractivity contribution is 6.29. The predicted molar refractivity (Wildman–Crippen MR) is 51.3 cm³/mol. The maximum Gasteiger partial charge on any atom is 0.180 e. The molecule has 0 radical (unpaired) electrons. The van der Waals surface area contributed by atoms with Crippen molar-refractivity contribution in [3.8, 4) is 0 Å². The third-order valence-electron chi connectivity index (χ3n) is 2.62. The number of rotatable bonds is 2. The highest BCUT2D eigenvalue weighted by Gasteiger charge is 2.26. The molecule has 2 nitrogen and oxygen atoms in total. The summed E-state index contributed by atoms with van der Waals surface area (Å²) in [5.74, 6) is -0.112. The zero-order valence-electron chi connectivity index (χ0n) is 7.29. The molecule has 2 heteroatoms. The van der Waals surface area contributed by atoms with Crippen LogP contribution in [0.5, 0.6) is 0 Å². The minimum atomic E-state index is -0.0649. The Morgan fingerprint density at radius 3 is 3.00 bits per heavy atom. The maximum absolute atomic E-state index is 11.3. The summed E-state index contributed by atoms with van der Waals surface area (Å²) in [7, 11) is 0. The van der Waals surface area contributed by atoms with Crippen LogP contribution in [0.1, 0.15) is 23.5 Å². The van der Waals surface area contributed by atoms with E-state index in [2.05, 4.69) is 6.07 Å². The van der Waals surface area contributed by atoms with Crippen molar-refractivity contribution in [2.45, 2.75) is 18.8 Å². The van der Waals surface area contributed by atoms with Gasteiger partial charge in [0, 0.05) is 5.92 Å². The lowest BCUT2D eigenvalue weighted by Gasteiger charge is -2.05. The van der Waals surface area contributed by atoms with Gasteiger partial charge in [-0.3, -0.25) is 4.79 Å². The first-order valence-corrected chi connectivity index (χ1v) is 4.45. The third-order valence-corrected chi connectivity index (χ3v) is 2.62. The molecule has 0 spiro atoms. The van der Waals surface area contributed by atoms with E-state index in [1.807, 2.05) is 18.2 Å². The number of benzene rings is 1. The van der Waals surface area contributed by atoms with E-state index in [1.54, 1.807) is 0 Å². The van der Waals surface area contributed by atoms with Gasteiger partial charge in [-0.1, -0.05) is 24.3 Å². The van der Waals surface area contributed by atoms with Gasteiger partial charge >= 0.3 is 0 Å². The molecule has 0 saturated heterocycles. The Bertz CT molecular complexity index is 357. The Kier molecular flexibility index (Phi) is 1.97. The largest absolute Gasteiger partial charge is 0.305 e. The van der Waals surface area contributed by atoms with E-state index in [9.17, 15) is 4.79 Å². The second-order valence-electron chi connectivity index (χ2n) is 3.34. The van der Waals surface area contributed by atoms with Gasteiger partial charge in [0.25, 0.3) is 0 Å². The highest BCUT2D eigenvalue weighted by Crippen LogP contribution is 2.32. The van der Waals surface area contributed by atoms with Gasteiger partial charge in [-0.25, -0.2) is 0 Å². The molecule has 13 heavy (non-hydrogen) atoms. The molecule has 1 aromatic rings. The quantitative estimate of drug-likeness (QED) is 0.682. The van der Waals surface area contributed by atoms with Crippen LogP contribution < -0.4 is 0 Å². The number of fused-ring (bicyclic) bond motifs is 1. The first kappa shape index (κ1) is 8.17. The number of hydrogen-bond donors (Lipinski definition) is 1. The molecule has 1 aromatic carbocycles. The van der Waals surface area contributed by atoms with Gasteiger partial charge in [-0.15, -0.1) is 0 Å². The molecular weight excluding hydrogens is 162 g/mol. The maximum atomic E-state index is 11.3. The summed E-state index contributed by atoms with van der Waals surface area (Å²) in [6, 6.07) is 8.01. The predicted octanol–water partition coefficient (Wildman–Crippen LogP) is 1.94. The Balaban J connectivity index is 2.38. The Labute approximate surface area is 77.1 Å². The Morgan fingerprint density at radius 2 is 2.23 bits per heavy atom. The fraction of sp³-hybridized carbons (Fsp3) is 0.273. The first-order valence-electron chi connectivity index (χ1n) is 4.45. The summed E-state index contributed by atoms with van der Waals surface area (Å²) in [4.78, 5) is 11.3. The van der Waals surface area contributed by atoms with Crippen LogP contribution in [0.4, 0.5) is 0 Å². The number of carbonyl (C=O) groups excluding carboxylic acids is 1. The lowest BCUT2D eigenvalue weighted by atomic mass is 9.97. The topological polar surface area (TPSA) is 40.9 Å². The lowest BCUT2D eigenvalue weighted by Crippen LogP contribution is -2.09. The summed E-state index contributed by atoms with van der Waals surface area (Å²) in [6.45, 7) is 0. The minimum absolute atomic E-state index is 0.0475. The van der Waals surface area contributed by atoms with Gasteiger partial charge in [0.2, 0.25) is 0 Å². The van der Waals surface area contributed by atoms with Gasteiger partial charge in [-0.2, -0.15) is 0 Å². The molecule has 0 aliphatic heterocycles. The van der Waals surface area contributed by atoms with Crippen molar-refractivity contribution in [3.05, 3.63) is 35.4 Å². The molecule has 2 rings (SSSR count). The SMILES string of the molecule is N=CC(=O)C1CCc2ccccc21. The van der Waals surface area contributed by atoms with Crippen LogP contribution in [0.2, 0.25) is 0 Å². The Morgan fingerprint density at radius 1 is 1.46 bits per heavy atom. The molecule has 0 bridgehead atoms. The van der Waals surface area contributed by atoms with E-state index in [0.29, 0.717) is 0 Å². The summed E-state index contributed by atoms with van der Waals surface area (Å²) in [5.41, 5.74) is 2.39. The van der Waals surface area contributed by atoms with Gasteiger partial charge in [0.15, 0.2) is 5.78 Å². The van der Waals surface area contributed by atoms with Crippen LogP contribution in [0.15, 0.2) is 24.3 Å². The molecular formula is C11H11NO. The summed E-state index contributed by atoms with van der Waals surface area (Å²) in [5, 5.41) is 6.94. The molecule has 0 heterocycles. The molecule has 0 aromatic heterocycles. The van der Waals surface area contributed by atoms with Crippen molar-refractivity contribution < 1.29 is 4.79 Å². The number of Topliss-reactive ketones (excluding diaryl/α,β-unsaturated/α-hetero) is 1. The van der Waals surface area contributed by atoms with E-state index >= 15 is 0 Å². The van der Waals surface area contributed by atoms with Crippen LogP contribution in [-0.4, -0.2) is 12.0 Å². The number of hydrogen-bond acceptors (Lipinski definition) is 2. The molecule has 1 aliphatic carbocycles. The molecule has 1 N–H and O–H groups in total. The fourth-order valence-corrected chi connectivity index (χ4v) is 1.95. The van der Waals surface area contributed by atoms with Crippen molar-refractivity contribution in [1.82, 2.24) is 0 Å². The smallest absolute Gasteiger partial charge is 0.180 e. The van der Waals surface area contributed by atoms with E-state index in [0.717, 1.165) is 24.6 Å². The lowest BCUT2D eigenvalue weighted by molar-refractivity contribution is -0.113. The average molecular weight is 173 g/mol. The van der Waals surface area contributed by atoms with E-state index in [1.165, 1.54) is 5.56 Å².